The molecule has 6 rings (SSSR count). The smallest absolute Gasteiger partial charge is 0.407 e. The number of hydrogen-bond acceptors (Lipinski definition) is 3. The number of nitrogens with zero attached hydrogens (tertiary/aromatic N) is 1. The summed E-state index contributed by atoms with van der Waals surface area (Å²) >= 11 is 0. The first-order chi connectivity index (χ1) is 18.6. The normalized spacial score (nSPS) is 13.1. The van der Waals surface area contributed by atoms with Crippen LogP contribution >= 0.6 is 0 Å². The summed E-state index contributed by atoms with van der Waals surface area (Å²) in [6.45, 7) is 0.195. The summed E-state index contributed by atoms with van der Waals surface area (Å²) in [7, 11) is 1.88. The van der Waals surface area contributed by atoms with E-state index in [1.54, 1.807) is 0 Å². The van der Waals surface area contributed by atoms with Gasteiger partial charge in [0.1, 0.15) is 12.6 Å². The van der Waals surface area contributed by atoms with E-state index in [1.165, 1.54) is 11.1 Å². The second kappa shape index (κ2) is 10.0. The van der Waals surface area contributed by atoms with Gasteiger partial charge in [0.05, 0.1) is 5.69 Å². The largest absolute Gasteiger partial charge is 0.449 e. The topological polar surface area (TPSA) is 60.3 Å². The van der Waals surface area contributed by atoms with E-state index in [4.69, 9.17) is 4.74 Å². The molecule has 4 aromatic carbocycles. The molecule has 188 valence electrons. The van der Waals surface area contributed by atoms with Crippen molar-refractivity contribution >= 4 is 22.8 Å². The van der Waals surface area contributed by atoms with Gasteiger partial charge in [-0.05, 0) is 39.9 Å². The van der Waals surface area contributed by atoms with E-state index in [2.05, 4.69) is 29.6 Å². The summed E-state index contributed by atoms with van der Waals surface area (Å²) < 4.78 is 7.66. The van der Waals surface area contributed by atoms with Crippen molar-refractivity contribution < 1.29 is 14.3 Å². The number of benzene rings is 4. The first kappa shape index (κ1) is 23.7. The third-order valence-electron chi connectivity index (χ3n) is 7.44. The Hall–Kier alpha value is -4.64. The van der Waals surface area contributed by atoms with E-state index in [0.29, 0.717) is 12.1 Å². The molecule has 1 N–H and O–H groups in total. The number of aromatic nitrogens is 1. The number of carbonyl (C=O) groups is 2. The van der Waals surface area contributed by atoms with Gasteiger partial charge < -0.3 is 14.6 Å². The van der Waals surface area contributed by atoms with Crippen molar-refractivity contribution in [3.05, 3.63) is 132 Å². The molecule has 0 saturated heterocycles. The van der Waals surface area contributed by atoms with Crippen LogP contribution in [0, 0.1) is 0 Å². The fourth-order valence-electron chi connectivity index (χ4n) is 5.55. The molecule has 5 nitrogen and oxygen atoms in total. The summed E-state index contributed by atoms with van der Waals surface area (Å²) in [6, 6.07) is 35.2. The van der Waals surface area contributed by atoms with Crippen LogP contribution in [0.25, 0.3) is 22.0 Å². The van der Waals surface area contributed by atoms with Crippen LogP contribution in [0.3, 0.4) is 0 Å². The number of ether oxygens (including phenoxy) is 1. The molecule has 5 aromatic rings. The number of fused-ring (bicyclic) bond motifs is 4. The SMILES string of the molecule is Cn1c(C(=O)[C@H](Cc2ccccc2)NC(=O)OCC2c3ccccc3-c3ccccc32)cc2ccccc21. The molecule has 0 fully saturated rings. The molecule has 0 spiro atoms. The summed E-state index contributed by atoms with van der Waals surface area (Å²) in [6.07, 6.45) is -0.231. The predicted octanol–water partition coefficient (Wildman–Crippen LogP) is 6.51. The third kappa shape index (κ3) is 4.37. The molecule has 0 aliphatic heterocycles. The van der Waals surface area contributed by atoms with Crippen molar-refractivity contribution in [2.45, 2.75) is 18.4 Å². The van der Waals surface area contributed by atoms with Crippen molar-refractivity contribution in [2.24, 2.45) is 7.05 Å². The van der Waals surface area contributed by atoms with Crippen LogP contribution in [0.15, 0.2) is 109 Å². The van der Waals surface area contributed by atoms with E-state index in [0.717, 1.165) is 27.6 Å². The fraction of sp³-hybridized carbons (Fsp3) is 0.152. The zero-order valence-corrected chi connectivity index (χ0v) is 21.1. The lowest BCUT2D eigenvalue weighted by Gasteiger charge is -2.20. The minimum absolute atomic E-state index is 0.0467. The predicted molar refractivity (Wildman–Crippen MR) is 149 cm³/mol. The number of nitrogens with one attached hydrogen (secondary N) is 1. The number of alkyl carbamates (subject to hydrolysis) is 1. The summed E-state index contributed by atoms with van der Waals surface area (Å²) in [4.78, 5) is 26.9. The lowest BCUT2D eigenvalue weighted by atomic mass is 9.98. The van der Waals surface area contributed by atoms with Crippen LogP contribution in [0.2, 0.25) is 0 Å². The molecule has 1 amide bonds. The van der Waals surface area contributed by atoms with Gasteiger partial charge in [0.15, 0.2) is 0 Å². The van der Waals surface area contributed by atoms with Gasteiger partial charge in [-0.25, -0.2) is 4.79 Å². The maximum Gasteiger partial charge on any atom is 0.407 e. The monoisotopic (exact) mass is 500 g/mol. The van der Waals surface area contributed by atoms with Crippen LogP contribution in [0.1, 0.15) is 33.1 Å². The first-order valence-corrected chi connectivity index (χ1v) is 12.8. The van der Waals surface area contributed by atoms with Crippen LogP contribution in [0.5, 0.6) is 0 Å². The molecule has 5 heteroatoms. The molecule has 1 heterocycles. The Morgan fingerprint density at radius 3 is 2.11 bits per heavy atom. The number of amides is 1. The van der Waals surface area contributed by atoms with Gasteiger partial charge >= 0.3 is 6.09 Å². The molecule has 0 bridgehead atoms. The lowest BCUT2D eigenvalue weighted by molar-refractivity contribution is 0.0911. The second-order valence-corrected chi connectivity index (χ2v) is 9.72. The molecule has 1 atom stereocenters. The van der Waals surface area contributed by atoms with Gasteiger partial charge in [-0.15, -0.1) is 0 Å². The Kier molecular flexibility index (Phi) is 6.26. The van der Waals surface area contributed by atoms with E-state index >= 15 is 0 Å². The van der Waals surface area contributed by atoms with Crippen molar-refractivity contribution in [1.82, 2.24) is 9.88 Å². The van der Waals surface area contributed by atoms with E-state index in [9.17, 15) is 9.59 Å². The Bertz CT molecular complexity index is 1590. The maximum absolute atomic E-state index is 13.8. The van der Waals surface area contributed by atoms with Crippen LogP contribution in [0.4, 0.5) is 4.79 Å². The molecular weight excluding hydrogens is 472 g/mol. The van der Waals surface area contributed by atoms with E-state index in [-0.39, 0.29) is 18.3 Å². The van der Waals surface area contributed by atoms with Gasteiger partial charge in [-0.2, -0.15) is 0 Å². The molecule has 0 saturated carbocycles. The maximum atomic E-state index is 13.8. The molecule has 38 heavy (non-hydrogen) atoms. The Morgan fingerprint density at radius 2 is 1.42 bits per heavy atom. The summed E-state index contributed by atoms with van der Waals surface area (Å²) in [5.41, 5.74) is 7.11. The number of Topliss-reactive ketones (excluding diaryl/α,β-unsaturated/α-hetero) is 1. The molecule has 0 unspecified atom stereocenters. The van der Waals surface area contributed by atoms with Gasteiger partial charge in [0.2, 0.25) is 5.78 Å². The Balaban J connectivity index is 1.23. The van der Waals surface area contributed by atoms with Gasteiger partial charge in [-0.3, -0.25) is 4.79 Å². The zero-order chi connectivity index (χ0) is 26.1. The highest BCUT2D eigenvalue weighted by molar-refractivity contribution is 6.04. The number of aryl methyl sites for hydroxylation is 1. The van der Waals surface area contributed by atoms with Crippen LogP contribution < -0.4 is 5.32 Å². The highest BCUT2D eigenvalue weighted by Gasteiger charge is 2.30. The number of rotatable bonds is 7. The van der Waals surface area contributed by atoms with E-state index in [1.807, 2.05) is 96.5 Å². The second-order valence-electron chi connectivity index (χ2n) is 9.72. The molecular formula is C33H28N2O3. The third-order valence-corrected chi connectivity index (χ3v) is 7.44. The minimum Gasteiger partial charge on any atom is -0.449 e. The fourth-order valence-corrected chi connectivity index (χ4v) is 5.55. The minimum atomic E-state index is -0.768. The standard InChI is InChI=1S/C33H28N2O3/c1-35-30-18-10-5-13-23(30)20-31(35)32(36)29(19-22-11-3-2-4-12-22)34-33(37)38-21-28-26-16-8-6-14-24(26)25-15-7-9-17-27(25)28/h2-18,20,28-29H,19,21H2,1H3,(H,34,37)/t29-/m0/s1. The molecule has 1 aromatic heterocycles. The lowest BCUT2D eigenvalue weighted by Crippen LogP contribution is -2.43. The van der Waals surface area contributed by atoms with Crippen molar-refractivity contribution in [3.8, 4) is 11.1 Å². The highest BCUT2D eigenvalue weighted by Crippen LogP contribution is 2.44. The Labute approximate surface area is 221 Å². The molecule has 1 aliphatic carbocycles. The summed E-state index contributed by atoms with van der Waals surface area (Å²) in [5.74, 6) is -0.198. The highest BCUT2D eigenvalue weighted by atomic mass is 16.5. The van der Waals surface area contributed by atoms with Gasteiger partial charge in [-0.1, -0.05) is 97.1 Å². The van der Waals surface area contributed by atoms with Gasteiger partial charge in [0.25, 0.3) is 0 Å². The van der Waals surface area contributed by atoms with Crippen LogP contribution in [-0.4, -0.2) is 29.1 Å². The zero-order valence-electron chi connectivity index (χ0n) is 21.1. The molecule has 1 aliphatic rings. The average Bonchev–Trinajstić information content (AvgIpc) is 3.46. The number of carbonyl (C=O) groups excluding carboxylic acids is 2. The van der Waals surface area contributed by atoms with Crippen LogP contribution in [-0.2, 0) is 18.2 Å². The van der Waals surface area contributed by atoms with Crippen molar-refractivity contribution in [2.75, 3.05) is 6.61 Å². The van der Waals surface area contributed by atoms with Gasteiger partial charge in [0, 0.05) is 30.3 Å². The number of hydrogen-bond donors (Lipinski definition) is 1. The first-order valence-electron chi connectivity index (χ1n) is 12.8. The quantitative estimate of drug-likeness (QED) is 0.259. The number of ketones is 1. The summed E-state index contributed by atoms with van der Waals surface area (Å²) in [5, 5.41) is 3.87. The average molecular weight is 501 g/mol. The Morgan fingerprint density at radius 1 is 0.816 bits per heavy atom. The number of para-hydroxylation sites is 1. The van der Waals surface area contributed by atoms with Crippen molar-refractivity contribution in [1.29, 1.82) is 0 Å². The van der Waals surface area contributed by atoms with Crippen molar-refractivity contribution in [3.63, 3.8) is 0 Å². The molecule has 0 radical (unpaired) electrons. The van der Waals surface area contributed by atoms with E-state index < -0.39 is 12.1 Å².